The van der Waals surface area contributed by atoms with Crippen LogP contribution in [0.3, 0.4) is 0 Å². The number of thiophene rings is 1. The lowest BCUT2D eigenvalue weighted by atomic mass is 10.1. The minimum atomic E-state index is -4.43. The number of fused-ring (bicyclic) bond motifs is 1. The van der Waals surface area contributed by atoms with Crippen molar-refractivity contribution in [1.29, 1.82) is 0 Å². The van der Waals surface area contributed by atoms with E-state index in [1.165, 1.54) is 22.2 Å². The predicted molar refractivity (Wildman–Crippen MR) is 76.2 cm³/mol. The molecule has 0 N–H and O–H groups in total. The molecule has 0 fully saturated rings. The first-order chi connectivity index (χ1) is 9.90. The third-order valence-corrected chi connectivity index (χ3v) is 4.53. The molecule has 0 atom stereocenters. The maximum atomic E-state index is 13.2. The Kier molecular flexibility index (Phi) is 3.24. The van der Waals surface area contributed by atoms with Gasteiger partial charge in [-0.3, -0.25) is 4.68 Å². The van der Waals surface area contributed by atoms with Crippen molar-refractivity contribution in [2.24, 2.45) is 7.05 Å². The van der Waals surface area contributed by atoms with Crippen molar-refractivity contribution in [3.8, 4) is 10.6 Å². The van der Waals surface area contributed by atoms with Gasteiger partial charge in [0, 0.05) is 11.9 Å². The first kappa shape index (κ1) is 14.1. The molecule has 0 saturated carbocycles. The van der Waals surface area contributed by atoms with Crippen LogP contribution in [0.4, 0.5) is 13.2 Å². The van der Waals surface area contributed by atoms with Gasteiger partial charge in [-0.25, -0.2) is 4.98 Å². The Bertz CT molecular complexity index is 801. The number of aryl methyl sites for hydroxylation is 2. The van der Waals surface area contributed by atoms with Gasteiger partial charge in [-0.2, -0.15) is 18.3 Å². The molecule has 110 valence electrons. The minimum absolute atomic E-state index is 0.0287. The maximum Gasteiger partial charge on any atom is 0.417 e. The zero-order valence-electron chi connectivity index (χ0n) is 11.4. The van der Waals surface area contributed by atoms with Gasteiger partial charge in [0.25, 0.3) is 0 Å². The molecule has 0 radical (unpaired) electrons. The fraction of sp³-hybridized carbons (Fsp3) is 0.286. The van der Waals surface area contributed by atoms with Crippen molar-refractivity contribution < 1.29 is 13.2 Å². The summed E-state index contributed by atoms with van der Waals surface area (Å²) in [4.78, 5) is 6.19. The molecule has 21 heavy (non-hydrogen) atoms. The van der Waals surface area contributed by atoms with Crippen LogP contribution in [-0.4, -0.2) is 14.8 Å². The monoisotopic (exact) mass is 311 g/mol. The van der Waals surface area contributed by atoms with E-state index in [1.807, 2.05) is 19.1 Å². The number of alkyl halides is 3. The van der Waals surface area contributed by atoms with Crippen molar-refractivity contribution in [3.63, 3.8) is 0 Å². The summed E-state index contributed by atoms with van der Waals surface area (Å²) in [5, 5.41) is 3.91. The van der Waals surface area contributed by atoms with Gasteiger partial charge in [-0.15, -0.1) is 11.3 Å². The largest absolute Gasteiger partial charge is 0.417 e. The smallest absolute Gasteiger partial charge is 0.250 e. The summed E-state index contributed by atoms with van der Waals surface area (Å²) in [5.41, 5.74) is -0.114. The maximum absolute atomic E-state index is 13.2. The fourth-order valence-electron chi connectivity index (χ4n) is 2.18. The quantitative estimate of drug-likeness (QED) is 0.707. The summed E-state index contributed by atoms with van der Waals surface area (Å²) < 4.78 is 41.1. The standard InChI is InChI=1S/C14H12F3N3S/c1-3-8-4-5-12(21-8)11-6-10(14(15,16)17)9-7-18-20(2)13(9)19-11/h4-7H,3H2,1-2H3. The Morgan fingerprint density at radius 1 is 1.29 bits per heavy atom. The highest BCUT2D eigenvalue weighted by molar-refractivity contribution is 7.15. The average Bonchev–Trinajstić information content (AvgIpc) is 3.04. The van der Waals surface area contributed by atoms with E-state index in [9.17, 15) is 13.2 Å². The van der Waals surface area contributed by atoms with E-state index in [0.29, 0.717) is 5.69 Å². The molecular formula is C14H12F3N3S. The van der Waals surface area contributed by atoms with E-state index in [0.717, 1.165) is 22.2 Å². The number of halogens is 3. The molecule has 3 rings (SSSR count). The number of pyridine rings is 1. The van der Waals surface area contributed by atoms with E-state index in [-0.39, 0.29) is 11.0 Å². The molecule has 0 aliphatic rings. The number of hydrogen-bond acceptors (Lipinski definition) is 3. The third-order valence-electron chi connectivity index (χ3n) is 3.27. The Morgan fingerprint density at radius 2 is 2.05 bits per heavy atom. The second-order valence-electron chi connectivity index (χ2n) is 4.68. The molecule has 0 aliphatic carbocycles. The van der Waals surface area contributed by atoms with Crippen molar-refractivity contribution in [3.05, 3.63) is 34.8 Å². The second-order valence-corrected chi connectivity index (χ2v) is 5.85. The lowest BCUT2D eigenvalue weighted by Gasteiger charge is -2.09. The van der Waals surface area contributed by atoms with Gasteiger partial charge < -0.3 is 0 Å². The van der Waals surface area contributed by atoms with Crippen LogP contribution < -0.4 is 0 Å². The number of rotatable bonds is 2. The average molecular weight is 311 g/mol. The lowest BCUT2D eigenvalue weighted by Crippen LogP contribution is -2.07. The van der Waals surface area contributed by atoms with E-state index in [4.69, 9.17) is 0 Å². The Hall–Kier alpha value is -1.89. The molecule has 0 amide bonds. The van der Waals surface area contributed by atoms with Gasteiger partial charge in [0.1, 0.15) is 0 Å². The summed E-state index contributed by atoms with van der Waals surface area (Å²) in [6.45, 7) is 2.01. The van der Waals surface area contributed by atoms with Crippen molar-refractivity contribution in [2.75, 3.05) is 0 Å². The molecule has 0 saturated heterocycles. The Morgan fingerprint density at radius 3 is 2.67 bits per heavy atom. The number of aromatic nitrogens is 3. The van der Waals surface area contributed by atoms with Crippen molar-refractivity contribution >= 4 is 22.4 Å². The normalized spacial score (nSPS) is 12.2. The molecule has 0 spiro atoms. The zero-order valence-corrected chi connectivity index (χ0v) is 12.2. The second kappa shape index (κ2) is 4.84. The highest BCUT2D eigenvalue weighted by Gasteiger charge is 2.34. The van der Waals surface area contributed by atoms with Crippen LogP contribution in [0.25, 0.3) is 21.6 Å². The van der Waals surface area contributed by atoms with Crippen LogP contribution in [-0.2, 0) is 19.6 Å². The first-order valence-electron chi connectivity index (χ1n) is 6.39. The summed E-state index contributed by atoms with van der Waals surface area (Å²) in [5.74, 6) is 0. The van der Waals surface area contributed by atoms with Crippen LogP contribution in [0.5, 0.6) is 0 Å². The van der Waals surface area contributed by atoms with Crippen LogP contribution in [0.2, 0.25) is 0 Å². The van der Waals surface area contributed by atoms with Crippen LogP contribution in [0.1, 0.15) is 17.4 Å². The third kappa shape index (κ3) is 2.42. The van der Waals surface area contributed by atoms with Crippen LogP contribution in [0, 0.1) is 0 Å². The molecule has 0 unspecified atom stereocenters. The van der Waals surface area contributed by atoms with Crippen molar-refractivity contribution in [1.82, 2.24) is 14.8 Å². The fourth-order valence-corrected chi connectivity index (χ4v) is 3.09. The zero-order chi connectivity index (χ0) is 15.2. The summed E-state index contributed by atoms with van der Waals surface area (Å²) in [7, 11) is 1.59. The van der Waals surface area contributed by atoms with Gasteiger partial charge in [-0.1, -0.05) is 6.92 Å². The molecule has 3 heterocycles. The topological polar surface area (TPSA) is 30.7 Å². The van der Waals surface area contributed by atoms with Gasteiger partial charge >= 0.3 is 6.18 Å². The predicted octanol–water partition coefficient (Wildman–Crippen LogP) is 4.28. The summed E-state index contributed by atoms with van der Waals surface area (Å²) in [6.07, 6.45) is -2.37. The molecule has 3 nitrogen and oxygen atoms in total. The number of nitrogens with zero attached hydrogens (tertiary/aromatic N) is 3. The van der Waals surface area contributed by atoms with Gasteiger partial charge in [0.05, 0.1) is 27.7 Å². The molecule has 7 heteroatoms. The molecular weight excluding hydrogens is 299 g/mol. The van der Waals surface area contributed by atoms with E-state index in [2.05, 4.69) is 10.1 Å². The first-order valence-corrected chi connectivity index (χ1v) is 7.21. The van der Waals surface area contributed by atoms with E-state index >= 15 is 0 Å². The lowest BCUT2D eigenvalue weighted by molar-refractivity contribution is -0.136. The summed E-state index contributed by atoms with van der Waals surface area (Å²) >= 11 is 1.46. The molecule has 3 aromatic heterocycles. The molecule has 0 bridgehead atoms. The van der Waals surface area contributed by atoms with E-state index in [1.54, 1.807) is 7.05 Å². The van der Waals surface area contributed by atoms with Crippen molar-refractivity contribution in [2.45, 2.75) is 19.5 Å². The molecule has 3 aromatic rings. The summed E-state index contributed by atoms with van der Waals surface area (Å²) in [6, 6.07) is 4.84. The van der Waals surface area contributed by atoms with Crippen LogP contribution >= 0.6 is 11.3 Å². The molecule has 0 aromatic carbocycles. The Balaban J connectivity index is 2.26. The van der Waals surface area contributed by atoms with E-state index < -0.39 is 11.7 Å². The van der Waals surface area contributed by atoms with Gasteiger partial charge in [-0.05, 0) is 24.6 Å². The SMILES string of the molecule is CCc1ccc(-c2cc(C(F)(F)F)c3cnn(C)c3n2)s1. The minimum Gasteiger partial charge on any atom is -0.250 e. The highest BCUT2D eigenvalue weighted by Crippen LogP contribution is 2.37. The van der Waals surface area contributed by atoms with Gasteiger partial charge in [0.2, 0.25) is 0 Å². The Labute approximate surface area is 123 Å². The molecule has 0 aliphatic heterocycles. The number of hydrogen-bond donors (Lipinski definition) is 0. The van der Waals surface area contributed by atoms with Crippen LogP contribution in [0.15, 0.2) is 24.4 Å². The highest BCUT2D eigenvalue weighted by atomic mass is 32.1. The van der Waals surface area contributed by atoms with Gasteiger partial charge in [0.15, 0.2) is 5.65 Å².